The van der Waals surface area contributed by atoms with Crippen LogP contribution >= 0.6 is 0 Å². The zero-order valence-electron chi connectivity index (χ0n) is 12.5. The van der Waals surface area contributed by atoms with E-state index in [1.165, 1.54) is 7.11 Å². The van der Waals surface area contributed by atoms with Crippen molar-refractivity contribution in [2.45, 2.75) is 0 Å². The Morgan fingerprint density at radius 1 is 0.864 bits per heavy atom. The van der Waals surface area contributed by atoms with Gasteiger partial charge in [-0.1, -0.05) is 78.9 Å². The molecule has 22 heavy (non-hydrogen) atoms. The second kappa shape index (κ2) is 8.42. The minimum atomic E-state index is -0.357. The van der Waals surface area contributed by atoms with Crippen LogP contribution in [0.5, 0.6) is 0 Å². The highest BCUT2D eigenvalue weighted by Crippen LogP contribution is 2.08. The van der Waals surface area contributed by atoms with Gasteiger partial charge in [-0.3, -0.25) is 0 Å². The van der Waals surface area contributed by atoms with Crippen LogP contribution in [0.4, 0.5) is 0 Å². The summed E-state index contributed by atoms with van der Waals surface area (Å²) in [6.07, 6.45) is 9.18. The molecule has 2 rings (SSSR count). The van der Waals surface area contributed by atoms with Crippen molar-refractivity contribution in [2.75, 3.05) is 7.11 Å². The summed E-state index contributed by atoms with van der Waals surface area (Å²) in [5.74, 6) is -0.357. The van der Waals surface area contributed by atoms with E-state index < -0.39 is 0 Å². The van der Waals surface area contributed by atoms with Crippen molar-refractivity contribution < 1.29 is 9.53 Å². The van der Waals surface area contributed by atoms with Crippen LogP contribution in [0.3, 0.4) is 0 Å². The predicted octanol–water partition coefficient (Wildman–Crippen LogP) is 4.51. The Morgan fingerprint density at radius 2 is 1.41 bits per heavy atom. The van der Waals surface area contributed by atoms with E-state index in [4.69, 9.17) is 4.74 Å². The highest BCUT2D eigenvalue weighted by Gasteiger charge is 2.04. The fourth-order valence-corrected chi connectivity index (χ4v) is 1.89. The highest BCUT2D eigenvalue weighted by atomic mass is 16.5. The van der Waals surface area contributed by atoms with Crippen LogP contribution in [-0.2, 0) is 9.53 Å². The number of allylic oxidation sites excluding steroid dienone is 2. The lowest BCUT2D eigenvalue weighted by Crippen LogP contribution is -2.02. The summed E-state index contributed by atoms with van der Waals surface area (Å²) in [5.41, 5.74) is 2.61. The summed E-state index contributed by atoms with van der Waals surface area (Å²) in [6, 6.07) is 19.7. The molecule has 110 valence electrons. The van der Waals surface area contributed by atoms with Crippen LogP contribution in [0.2, 0.25) is 0 Å². The Morgan fingerprint density at radius 3 is 1.95 bits per heavy atom. The number of esters is 1. The second-order valence-electron chi connectivity index (χ2n) is 4.63. The molecular formula is C20H18O2. The van der Waals surface area contributed by atoms with Gasteiger partial charge in [0.05, 0.1) is 12.7 Å². The average molecular weight is 290 g/mol. The number of benzene rings is 2. The van der Waals surface area contributed by atoms with Crippen LogP contribution in [0.25, 0.3) is 12.2 Å². The molecule has 2 heteroatoms. The Hall–Kier alpha value is -2.87. The maximum Gasteiger partial charge on any atom is 0.337 e. The molecule has 2 aromatic rings. The maximum absolute atomic E-state index is 11.8. The van der Waals surface area contributed by atoms with Gasteiger partial charge in [-0.25, -0.2) is 4.79 Å². The summed E-state index contributed by atoms with van der Waals surface area (Å²) < 4.78 is 4.81. The van der Waals surface area contributed by atoms with Gasteiger partial charge in [-0.15, -0.1) is 0 Å². The highest BCUT2D eigenvalue weighted by molar-refractivity contribution is 5.93. The van der Waals surface area contributed by atoms with Gasteiger partial charge in [0.25, 0.3) is 0 Å². The summed E-state index contributed by atoms with van der Waals surface area (Å²) >= 11 is 0. The van der Waals surface area contributed by atoms with E-state index in [1.807, 2.05) is 78.9 Å². The van der Waals surface area contributed by atoms with Crippen molar-refractivity contribution in [1.29, 1.82) is 0 Å². The van der Waals surface area contributed by atoms with Gasteiger partial charge in [0.2, 0.25) is 0 Å². The molecule has 0 atom stereocenters. The van der Waals surface area contributed by atoms with Crippen LogP contribution < -0.4 is 0 Å². The smallest absolute Gasteiger partial charge is 0.337 e. The molecule has 0 bridgehead atoms. The van der Waals surface area contributed by atoms with Crippen LogP contribution in [-0.4, -0.2) is 13.1 Å². The minimum Gasteiger partial charge on any atom is -0.465 e. The van der Waals surface area contributed by atoms with Gasteiger partial charge >= 0.3 is 5.97 Å². The molecular weight excluding hydrogens is 272 g/mol. The van der Waals surface area contributed by atoms with Crippen LogP contribution in [0, 0.1) is 0 Å². The Balaban J connectivity index is 2.16. The van der Waals surface area contributed by atoms with Gasteiger partial charge in [0, 0.05) is 0 Å². The molecule has 0 unspecified atom stereocenters. The molecule has 0 fully saturated rings. The molecule has 0 aromatic heterocycles. The standard InChI is InChI=1S/C20H18O2/c1-22-20(21)19(16-15-18-11-6-3-7-12-18)14-8-13-17-9-4-2-5-10-17/h2-16H,1H3/b13-8+,16-15+,19-14+. The molecule has 0 heterocycles. The maximum atomic E-state index is 11.8. The third-order valence-corrected chi connectivity index (χ3v) is 3.04. The molecule has 0 saturated heterocycles. The number of rotatable bonds is 5. The van der Waals surface area contributed by atoms with Crippen molar-refractivity contribution in [3.05, 3.63) is 95.6 Å². The largest absolute Gasteiger partial charge is 0.465 e. The number of hydrogen-bond donors (Lipinski definition) is 0. The SMILES string of the molecule is COC(=O)C(/C=C/c1ccccc1)=C/C=C/c1ccccc1. The second-order valence-corrected chi connectivity index (χ2v) is 4.63. The number of carbonyl (C=O) groups is 1. The monoisotopic (exact) mass is 290 g/mol. The normalized spacial score (nSPS) is 12.0. The van der Waals surface area contributed by atoms with Gasteiger partial charge in [0.15, 0.2) is 0 Å². The Bertz CT molecular complexity index is 680. The third-order valence-electron chi connectivity index (χ3n) is 3.04. The van der Waals surface area contributed by atoms with Gasteiger partial charge in [0.1, 0.15) is 0 Å². The van der Waals surface area contributed by atoms with Crippen molar-refractivity contribution in [2.24, 2.45) is 0 Å². The van der Waals surface area contributed by atoms with E-state index in [0.29, 0.717) is 5.57 Å². The molecule has 0 radical (unpaired) electrons. The molecule has 2 aromatic carbocycles. The molecule has 0 N–H and O–H groups in total. The third kappa shape index (κ3) is 4.91. The van der Waals surface area contributed by atoms with E-state index in [0.717, 1.165) is 11.1 Å². The molecule has 0 aliphatic carbocycles. The summed E-state index contributed by atoms with van der Waals surface area (Å²) in [5, 5.41) is 0. The van der Waals surface area contributed by atoms with Crippen molar-refractivity contribution in [3.63, 3.8) is 0 Å². The summed E-state index contributed by atoms with van der Waals surface area (Å²) in [4.78, 5) is 11.8. The molecule has 0 amide bonds. The van der Waals surface area contributed by atoms with Gasteiger partial charge < -0.3 is 4.74 Å². The first-order valence-corrected chi connectivity index (χ1v) is 7.04. The van der Waals surface area contributed by atoms with E-state index in [-0.39, 0.29) is 5.97 Å². The fourth-order valence-electron chi connectivity index (χ4n) is 1.89. The van der Waals surface area contributed by atoms with Gasteiger partial charge in [-0.05, 0) is 23.3 Å². The topological polar surface area (TPSA) is 26.3 Å². The molecule has 2 nitrogen and oxygen atoms in total. The van der Waals surface area contributed by atoms with Crippen LogP contribution in [0.15, 0.2) is 84.5 Å². The Kier molecular flexibility index (Phi) is 5.94. The van der Waals surface area contributed by atoms with E-state index in [1.54, 1.807) is 12.2 Å². The Labute approximate surface area is 131 Å². The first-order valence-electron chi connectivity index (χ1n) is 7.04. The summed E-state index contributed by atoms with van der Waals surface area (Å²) in [7, 11) is 1.38. The molecule has 0 spiro atoms. The lowest BCUT2D eigenvalue weighted by molar-refractivity contribution is -0.135. The quantitative estimate of drug-likeness (QED) is 0.460. The number of carbonyl (C=O) groups excluding carboxylic acids is 1. The van der Waals surface area contributed by atoms with Crippen molar-refractivity contribution >= 4 is 18.1 Å². The van der Waals surface area contributed by atoms with E-state index in [2.05, 4.69) is 0 Å². The first kappa shape index (κ1) is 15.5. The number of ether oxygens (including phenoxy) is 1. The summed E-state index contributed by atoms with van der Waals surface area (Å²) in [6.45, 7) is 0. The fraction of sp³-hybridized carbons (Fsp3) is 0.0500. The van der Waals surface area contributed by atoms with E-state index >= 15 is 0 Å². The average Bonchev–Trinajstić information content (AvgIpc) is 2.59. The predicted molar refractivity (Wildman–Crippen MR) is 91.1 cm³/mol. The molecule has 0 aliphatic rings. The first-order chi connectivity index (χ1) is 10.8. The van der Waals surface area contributed by atoms with E-state index in [9.17, 15) is 4.79 Å². The number of hydrogen-bond acceptors (Lipinski definition) is 2. The minimum absolute atomic E-state index is 0.357. The lowest BCUT2D eigenvalue weighted by Gasteiger charge is -1.99. The molecule has 0 aliphatic heterocycles. The number of methoxy groups -OCH3 is 1. The van der Waals surface area contributed by atoms with Crippen LogP contribution in [0.1, 0.15) is 11.1 Å². The van der Waals surface area contributed by atoms with Crippen molar-refractivity contribution in [1.82, 2.24) is 0 Å². The van der Waals surface area contributed by atoms with Crippen molar-refractivity contribution in [3.8, 4) is 0 Å². The lowest BCUT2D eigenvalue weighted by atomic mass is 10.1. The zero-order valence-corrected chi connectivity index (χ0v) is 12.5. The molecule has 0 saturated carbocycles. The van der Waals surface area contributed by atoms with Gasteiger partial charge in [-0.2, -0.15) is 0 Å². The zero-order chi connectivity index (χ0) is 15.6.